The molecule has 0 saturated heterocycles. The second-order valence-electron chi connectivity index (χ2n) is 5.35. The van der Waals surface area contributed by atoms with E-state index in [1.807, 2.05) is 12.1 Å². The average Bonchev–Trinajstić information content (AvgIpc) is 2.92. The predicted molar refractivity (Wildman–Crippen MR) is 82.9 cm³/mol. The van der Waals surface area contributed by atoms with Crippen LogP contribution in [0.3, 0.4) is 0 Å². The first kappa shape index (κ1) is 17.0. The number of carboxylic acid groups (broad SMARTS) is 1. The lowest BCUT2D eigenvalue weighted by Gasteiger charge is -2.24. The number of aliphatic carboxylic acids is 1. The summed E-state index contributed by atoms with van der Waals surface area (Å²) in [5.74, 6) is -1.94. The molecular weight excluding hydrogens is 300 g/mol. The maximum atomic E-state index is 12.5. The van der Waals surface area contributed by atoms with Gasteiger partial charge in [-0.05, 0) is 25.0 Å². The van der Waals surface area contributed by atoms with Crippen LogP contribution in [0.1, 0.15) is 25.3 Å². The first-order valence-corrected chi connectivity index (χ1v) is 7.50. The first-order chi connectivity index (χ1) is 11.0. The molecule has 7 heteroatoms. The zero-order chi connectivity index (χ0) is 17.0. The minimum atomic E-state index is -1.15. The first-order valence-electron chi connectivity index (χ1n) is 7.50. The zero-order valence-electron chi connectivity index (χ0n) is 12.9. The zero-order valence-corrected chi connectivity index (χ0v) is 12.9. The van der Waals surface area contributed by atoms with Crippen LogP contribution in [0.4, 0.5) is 5.69 Å². The summed E-state index contributed by atoms with van der Waals surface area (Å²) in [5.41, 5.74) is 6.99. The van der Waals surface area contributed by atoms with Crippen LogP contribution >= 0.6 is 0 Å². The van der Waals surface area contributed by atoms with Gasteiger partial charge in [0.1, 0.15) is 12.1 Å². The molecule has 124 valence electrons. The smallest absolute Gasteiger partial charge is 0.329 e. The van der Waals surface area contributed by atoms with Crippen molar-refractivity contribution in [2.45, 2.75) is 38.3 Å². The molecule has 0 unspecified atom stereocenters. The Hall–Kier alpha value is -2.41. The van der Waals surface area contributed by atoms with Gasteiger partial charge in [0.25, 0.3) is 0 Å². The number of hydrogen-bond acceptors (Lipinski definition) is 5. The standard InChI is InChI=1S/C16H20N2O5/c1-2-23-16(22)13-9-10-5-3-4-6-12(10)18(13)14(19)8-7-11(17)15(20)21/h3-6,11,13H,2,7-9,17H2,1H3,(H,20,21)/t11-,13+/m1/s1. The lowest BCUT2D eigenvalue weighted by atomic mass is 10.1. The summed E-state index contributed by atoms with van der Waals surface area (Å²) in [6.07, 6.45) is 0.367. The average molecular weight is 320 g/mol. The van der Waals surface area contributed by atoms with Gasteiger partial charge >= 0.3 is 11.9 Å². The van der Waals surface area contributed by atoms with Gasteiger partial charge < -0.3 is 15.6 Å². The van der Waals surface area contributed by atoms with E-state index in [2.05, 4.69) is 0 Å². The normalized spacial score (nSPS) is 17.5. The van der Waals surface area contributed by atoms with E-state index in [0.717, 1.165) is 5.56 Å². The SMILES string of the molecule is CCOC(=O)[C@@H]1Cc2ccccc2N1C(=O)CC[C@@H](N)C(=O)O. The Bertz CT molecular complexity index is 616. The quantitative estimate of drug-likeness (QED) is 0.747. The number of amides is 1. The van der Waals surface area contributed by atoms with E-state index in [1.54, 1.807) is 19.1 Å². The van der Waals surface area contributed by atoms with Crippen LogP contribution < -0.4 is 10.6 Å². The van der Waals surface area contributed by atoms with Gasteiger partial charge in [0.05, 0.1) is 6.61 Å². The van der Waals surface area contributed by atoms with Crippen LogP contribution in [-0.2, 0) is 25.5 Å². The molecular formula is C16H20N2O5. The van der Waals surface area contributed by atoms with Crippen LogP contribution in [0.5, 0.6) is 0 Å². The maximum Gasteiger partial charge on any atom is 0.329 e. The van der Waals surface area contributed by atoms with Crippen LogP contribution in [0, 0.1) is 0 Å². The number of nitrogens with two attached hydrogens (primary N) is 1. The summed E-state index contributed by atoms with van der Waals surface area (Å²) in [4.78, 5) is 36.8. The van der Waals surface area contributed by atoms with Gasteiger partial charge in [0.15, 0.2) is 0 Å². The number of hydrogen-bond donors (Lipinski definition) is 2. The molecule has 0 spiro atoms. The minimum Gasteiger partial charge on any atom is -0.480 e. The van der Waals surface area contributed by atoms with E-state index in [0.29, 0.717) is 12.1 Å². The monoisotopic (exact) mass is 320 g/mol. The molecule has 0 saturated carbocycles. The number of para-hydroxylation sites is 1. The van der Waals surface area contributed by atoms with Crippen molar-refractivity contribution in [1.29, 1.82) is 0 Å². The largest absolute Gasteiger partial charge is 0.480 e. The summed E-state index contributed by atoms with van der Waals surface area (Å²) < 4.78 is 5.05. The molecule has 2 rings (SSSR count). The third kappa shape index (κ3) is 3.68. The fourth-order valence-electron chi connectivity index (χ4n) is 2.64. The van der Waals surface area contributed by atoms with Crippen molar-refractivity contribution in [3.8, 4) is 0 Å². The second kappa shape index (κ2) is 7.23. The molecule has 0 aromatic heterocycles. The van der Waals surface area contributed by atoms with Crippen molar-refractivity contribution in [1.82, 2.24) is 0 Å². The molecule has 1 aliphatic rings. The molecule has 1 aromatic carbocycles. The van der Waals surface area contributed by atoms with E-state index in [1.165, 1.54) is 4.90 Å². The second-order valence-corrected chi connectivity index (χ2v) is 5.35. The van der Waals surface area contributed by atoms with E-state index in [4.69, 9.17) is 15.6 Å². The summed E-state index contributed by atoms with van der Waals surface area (Å²) in [6, 6.07) is 5.45. The number of ether oxygens (including phenoxy) is 1. The number of nitrogens with zero attached hydrogens (tertiary/aromatic N) is 1. The van der Waals surface area contributed by atoms with Crippen LogP contribution in [0.15, 0.2) is 24.3 Å². The van der Waals surface area contributed by atoms with Crippen molar-refractivity contribution >= 4 is 23.5 Å². The summed E-state index contributed by atoms with van der Waals surface area (Å²) in [7, 11) is 0. The molecule has 1 heterocycles. The number of carbonyl (C=O) groups excluding carboxylic acids is 2. The van der Waals surface area contributed by atoms with Gasteiger partial charge in [-0.2, -0.15) is 0 Å². The molecule has 0 bridgehead atoms. The molecule has 3 N–H and O–H groups in total. The molecule has 7 nitrogen and oxygen atoms in total. The summed E-state index contributed by atoms with van der Waals surface area (Å²) >= 11 is 0. The highest BCUT2D eigenvalue weighted by molar-refractivity contribution is 6.02. The Balaban J connectivity index is 2.18. The highest BCUT2D eigenvalue weighted by Crippen LogP contribution is 2.33. The van der Waals surface area contributed by atoms with Gasteiger partial charge in [-0.15, -0.1) is 0 Å². The molecule has 1 aromatic rings. The Morgan fingerprint density at radius 2 is 2.09 bits per heavy atom. The fourth-order valence-corrected chi connectivity index (χ4v) is 2.64. The number of anilines is 1. The fraction of sp³-hybridized carbons (Fsp3) is 0.438. The molecule has 0 fully saturated rings. The Kier molecular flexibility index (Phi) is 5.33. The lowest BCUT2D eigenvalue weighted by Crippen LogP contribution is -2.44. The van der Waals surface area contributed by atoms with Crippen molar-refractivity contribution in [3.63, 3.8) is 0 Å². The van der Waals surface area contributed by atoms with Crippen molar-refractivity contribution < 1.29 is 24.2 Å². The molecule has 0 radical (unpaired) electrons. The topological polar surface area (TPSA) is 110 Å². The van der Waals surface area contributed by atoms with E-state index in [-0.39, 0.29) is 25.4 Å². The third-order valence-corrected chi connectivity index (χ3v) is 3.79. The van der Waals surface area contributed by atoms with Crippen LogP contribution in [0.2, 0.25) is 0 Å². The highest BCUT2D eigenvalue weighted by Gasteiger charge is 2.39. The van der Waals surface area contributed by atoms with Crippen LogP contribution in [0.25, 0.3) is 0 Å². The van der Waals surface area contributed by atoms with E-state index in [9.17, 15) is 14.4 Å². The van der Waals surface area contributed by atoms with Gasteiger partial charge in [-0.25, -0.2) is 4.79 Å². The van der Waals surface area contributed by atoms with Crippen molar-refractivity contribution in [3.05, 3.63) is 29.8 Å². The van der Waals surface area contributed by atoms with Crippen molar-refractivity contribution in [2.24, 2.45) is 5.73 Å². The molecule has 0 aliphatic carbocycles. The highest BCUT2D eigenvalue weighted by atomic mass is 16.5. The number of carboxylic acids is 1. The number of esters is 1. The molecule has 1 aliphatic heterocycles. The molecule has 23 heavy (non-hydrogen) atoms. The maximum absolute atomic E-state index is 12.5. The summed E-state index contributed by atoms with van der Waals surface area (Å²) in [5, 5.41) is 8.80. The summed E-state index contributed by atoms with van der Waals surface area (Å²) in [6.45, 7) is 1.94. The van der Waals surface area contributed by atoms with E-state index < -0.39 is 24.0 Å². The lowest BCUT2D eigenvalue weighted by molar-refractivity contribution is -0.146. The third-order valence-electron chi connectivity index (χ3n) is 3.79. The van der Waals surface area contributed by atoms with Gasteiger partial charge in [0, 0.05) is 18.5 Å². The number of benzene rings is 1. The van der Waals surface area contributed by atoms with Gasteiger partial charge in [-0.3, -0.25) is 14.5 Å². The van der Waals surface area contributed by atoms with Crippen molar-refractivity contribution in [2.75, 3.05) is 11.5 Å². The Morgan fingerprint density at radius 1 is 1.39 bits per heavy atom. The van der Waals surface area contributed by atoms with Gasteiger partial charge in [0.2, 0.25) is 5.91 Å². The minimum absolute atomic E-state index is 0.0162. The molecule has 2 atom stereocenters. The molecule has 1 amide bonds. The number of rotatable bonds is 6. The Labute approximate surface area is 134 Å². The predicted octanol–water partition coefficient (Wildman–Crippen LogP) is 0.699. The van der Waals surface area contributed by atoms with E-state index >= 15 is 0 Å². The number of fused-ring (bicyclic) bond motifs is 1. The van der Waals surface area contributed by atoms with Crippen LogP contribution in [-0.4, -0.2) is 41.6 Å². The Morgan fingerprint density at radius 3 is 2.74 bits per heavy atom. The van der Waals surface area contributed by atoms with Gasteiger partial charge in [-0.1, -0.05) is 18.2 Å². The number of carbonyl (C=O) groups is 3.